The zero-order valence-electron chi connectivity index (χ0n) is 72.8. The molecule has 0 saturated carbocycles. The van der Waals surface area contributed by atoms with Crippen LogP contribution in [0.2, 0.25) is 0 Å². The minimum atomic E-state index is -0.455. The van der Waals surface area contributed by atoms with Crippen LogP contribution in [0, 0.1) is 27.7 Å². The van der Waals surface area contributed by atoms with Crippen LogP contribution in [-0.4, -0.2) is 58.4 Å². The van der Waals surface area contributed by atoms with Gasteiger partial charge in [-0.2, -0.15) is 0 Å². The minimum Gasteiger partial charge on any atom is -0.281 e. The third-order valence-corrected chi connectivity index (χ3v) is 27.3. The number of hydrogen-bond donors (Lipinski definition) is 0. The molecular formula is C115H84Br4N12. The Bertz CT molecular complexity index is 8250. The third-order valence-electron chi connectivity index (χ3n) is 25.2. The average Bonchev–Trinajstić information content (AvgIpc) is 1.53. The Morgan fingerprint density at radius 1 is 0.237 bits per heavy atom. The Kier molecular flexibility index (Phi) is 22.1. The quantitative estimate of drug-likeness (QED) is 0.133. The van der Waals surface area contributed by atoms with Crippen molar-refractivity contribution in [1.82, 2.24) is 58.4 Å². The molecule has 131 heavy (non-hydrogen) atoms. The van der Waals surface area contributed by atoms with E-state index in [9.17, 15) is 0 Å². The molecule has 1 aliphatic carbocycles. The normalized spacial score (nSPS) is 12.1. The summed E-state index contributed by atoms with van der Waals surface area (Å²) in [6.07, 6.45) is 8.73. The highest BCUT2D eigenvalue weighted by Crippen LogP contribution is 2.57. The van der Waals surface area contributed by atoms with E-state index in [1.165, 1.54) is 111 Å². The summed E-state index contributed by atoms with van der Waals surface area (Å²) >= 11 is 14.1. The van der Waals surface area contributed by atoms with Gasteiger partial charge in [-0.3, -0.25) is 17.6 Å². The molecule has 23 aromatic rings. The Hall–Kier alpha value is -14.3. The van der Waals surface area contributed by atoms with Crippen LogP contribution >= 0.6 is 63.7 Å². The predicted molar refractivity (Wildman–Crippen MR) is 551 cm³/mol. The number of aromatic nitrogens is 12. The molecule has 0 N–H and O–H groups in total. The summed E-state index contributed by atoms with van der Waals surface area (Å²) in [5.41, 5.74) is 30.9. The third kappa shape index (κ3) is 15.4. The molecule has 0 saturated heterocycles. The van der Waals surface area contributed by atoms with Crippen LogP contribution in [0.4, 0.5) is 0 Å². The van der Waals surface area contributed by atoms with Crippen LogP contribution in [0.15, 0.2) is 401 Å². The van der Waals surface area contributed by atoms with Crippen LogP contribution in [0.3, 0.4) is 0 Å². The number of benzene rings is 15. The molecule has 12 nitrogen and oxygen atoms in total. The van der Waals surface area contributed by atoms with E-state index in [1.54, 1.807) is 0 Å². The topological polar surface area (TPSA) is 121 Å². The van der Waals surface area contributed by atoms with Gasteiger partial charge < -0.3 is 0 Å². The van der Waals surface area contributed by atoms with Gasteiger partial charge in [0.2, 0.25) is 0 Å². The van der Waals surface area contributed by atoms with E-state index in [1.807, 2.05) is 48.5 Å². The number of pyridine rings is 4. The zero-order chi connectivity index (χ0) is 89.3. The van der Waals surface area contributed by atoms with E-state index in [0.717, 1.165) is 124 Å². The van der Waals surface area contributed by atoms with Crippen LogP contribution < -0.4 is 0 Å². The van der Waals surface area contributed by atoms with E-state index < -0.39 is 5.41 Å². The van der Waals surface area contributed by atoms with Crippen molar-refractivity contribution in [2.45, 2.75) is 59.3 Å². The Morgan fingerprint density at radius 2 is 0.527 bits per heavy atom. The molecule has 0 spiro atoms. The maximum Gasteiger partial charge on any atom is 0.169 e. The smallest absolute Gasteiger partial charge is 0.169 e. The second kappa shape index (κ2) is 34.6. The average molecular weight is 1950 g/mol. The van der Waals surface area contributed by atoms with Gasteiger partial charge >= 0.3 is 0 Å². The summed E-state index contributed by atoms with van der Waals surface area (Å²) in [5, 5.41) is 45.6. The lowest BCUT2D eigenvalue weighted by Gasteiger charge is -2.34. The summed E-state index contributed by atoms with van der Waals surface area (Å²) < 4.78 is 12.7. The molecule has 0 unspecified atom stereocenters. The van der Waals surface area contributed by atoms with Crippen LogP contribution in [-0.2, 0) is 10.8 Å². The predicted octanol–water partition coefficient (Wildman–Crippen LogP) is 30.8. The van der Waals surface area contributed by atoms with Crippen LogP contribution in [0.25, 0.3) is 167 Å². The monoisotopic (exact) mass is 1950 g/mol. The molecule has 632 valence electrons. The van der Waals surface area contributed by atoms with Crippen molar-refractivity contribution < 1.29 is 0 Å². The molecule has 1 aliphatic rings. The SMILES string of the molecule is Brc1ccc(-c2nnc3c4ccccc4c(-c4ccc5c(c4)C(c4ccccc4)(c4ccccc4)c4ccccc4-5)cn23)cc1.CC(C)(C)c1ccc(-c2cn3c(-c4ccc(Br)cc4)nnc3c3ccccc23)cc1.Cc1cc(C)c(-c2cn3c(-c4ccc(Br)cc4)nnc3c3ccccc23)c(C)c1.Cc1ccc(-c2cn3c(-c4ccc(Br)cc4)nnc3c3ccccc23)cc1. The molecule has 8 heterocycles. The second-order valence-electron chi connectivity index (χ2n) is 34.5. The van der Waals surface area contributed by atoms with Crippen molar-refractivity contribution in [3.63, 3.8) is 0 Å². The van der Waals surface area contributed by atoms with E-state index in [4.69, 9.17) is 0 Å². The Labute approximate surface area is 792 Å². The lowest BCUT2D eigenvalue weighted by molar-refractivity contribution is 0.590. The number of halogens is 4. The van der Waals surface area contributed by atoms with E-state index in [2.05, 4.69) is 505 Å². The molecule has 0 aliphatic heterocycles. The van der Waals surface area contributed by atoms with Gasteiger partial charge in [0.15, 0.2) is 45.9 Å². The molecule has 8 aromatic heterocycles. The van der Waals surface area contributed by atoms with Crippen LogP contribution in [0.5, 0.6) is 0 Å². The van der Waals surface area contributed by atoms with Crippen molar-refractivity contribution in [2.24, 2.45) is 0 Å². The van der Waals surface area contributed by atoms with Gasteiger partial charge in [-0.1, -0.05) is 399 Å². The molecule has 0 atom stereocenters. The zero-order valence-corrected chi connectivity index (χ0v) is 79.1. The number of rotatable bonds is 10. The van der Waals surface area contributed by atoms with Crippen molar-refractivity contribution in [3.8, 4) is 101 Å². The van der Waals surface area contributed by atoms with Gasteiger partial charge in [-0.15, -0.1) is 40.8 Å². The Balaban J connectivity index is 0.000000108. The first kappa shape index (κ1) is 83.6. The first-order chi connectivity index (χ1) is 63.9. The molecular weight excluding hydrogens is 1870 g/mol. The van der Waals surface area contributed by atoms with Crippen molar-refractivity contribution >= 4 is 129 Å². The van der Waals surface area contributed by atoms with Crippen LogP contribution in [0.1, 0.15) is 70.8 Å². The summed E-state index contributed by atoms with van der Waals surface area (Å²) in [5.74, 6) is 3.36. The van der Waals surface area contributed by atoms with Crippen molar-refractivity contribution in [3.05, 3.63) is 451 Å². The Morgan fingerprint density at radius 3 is 0.893 bits per heavy atom. The highest BCUT2D eigenvalue weighted by molar-refractivity contribution is 9.11. The lowest BCUT2D eigenvalue weighted by Crippen LogP contribution is -2.28. The highest BCUT2D eigenvalue weighted by Gasteiger charge is 2.46. The first-order valence-electron chi connectivity index (χ1n) is 43.6. The number of hydrogen-bond acceptors (Lipinski definition) is 8. The lowest BCUT2D eigenvalue weighted by atomic mass is 9.67. The molecule has 0 fully saturated rings. The molecule has 0 radical (unpaired) electrons. The first-order valence-corrected chi connectivity index (χ1v) is 46.8. The molecule has 16 heteroatoms. The number of nitrogens with zero attached hydrogens (tertiary/aromatic N) is 12. The standard InChI is InChI=1S/C41H26BrN3.C26H22BrN3.C25H20BrN3.C23H16BrN3/c42-31-22-19-27(20-23-31)39-43-44-40-35-17-8-7-15-32(35)36(26-45(39)40)28-21-24-34-33-16-9-10-18-37(33)41(38(34)25-28,29-11-3-1-4-12-29)30-13-5-2-6-14-30;1-26(2,3)19-12-8-17(9-13-19)23-16-30-24(18-10-14-20(27)15-11-18)28-29-25(30)22-7-5-4-6-21(22)23;1-15-12-16(2)23(17(3)13-15)22-14-29-24(18-8-10-19(26)11-9-18)27-28-25(29)21-7-5-4-6-20(21)22;1-15-6-8-16(9-7-15)21-14-27-22(17-10-12-18(24)13-11-17)25-26-23(27)20-5-3-2-4-19(20)21/h1-26H;4-16H,1-3H3;4-14H,1-3H3;2-14H,1H3. The number of aryl methyl sites for hydroxylation is 4. The van der Waals surface area contributed by atoms with Gasteiger partial charge in [-0.05, 0) is 182 Å². The molecule has 15 aromatic carbocycles. The molecule has 0 bridgehead atoms. The summed E-state index contributed by atoms with van der Waals surface area (Å²) in [6, 6.07) is 126. The summed E-state index contributed by atoms with van der Waals surface area (Å²) in [7, 11) is 0. The van der Waals surface area contributed by atoms with Gasteiger partial charge in [-0.25, -0.2) is 0 Å². The maximum absolute atomic E-state index is 4.67. The molecule has 24 rings (SSSR count). The maximum atomic E-state index is 4.67. The van der Waals surface area contributed by atoms with Gasteiger partial charge in [0.25, 0.3) is 0 Å². The molecule has 0 amide bonds. The number of fused-ring (bicyclic) bond motifs is 15. The summed E-state index contributed by atoms with van der Waals surface area (Å²) in [6.45, 7) is 15.4. The van der Waals surface area contributed by atoms with E-state index >= 15 is 0 Å². The second-order valence-corrected chi connectivity index (χ2v) is 38.2. The van der Waals surface area contributed by atoms with E-state index in [0.29, 0.717) is 0 Å². The summed E-state index contributed by atoms with van der Waals surface area (Å²) in [4.78, 5) is 0. The largest absolute Gasteiger partial charge is 0.281 e. The highest BCUT2D eigenvalue weighted by atomic mass is 79.9. The fourth-order valence-corrected chi connectivity index (χ4v) is 20.1. The fraction of sp³-hybridized carbons (Fsp3) is 0.0783. The van der Waals surface area contributed by atoms with Gasteiger partial charge in [0.05, 0.1) is 5.41 Å². The van der Waals surface area contributed by atoms with Crippen molar-refractivity contribution in [2.75, 3.05) is 0 Å². The fourth-order valence-electron chi connectivity index (χ4n) is 19.0. The minimum absolute atomic E-state index is 0.133. The van der Waals surface area contributed by atoms with E-state index in [-0.39, 0.29) is 5.41 Å². The van der Waals surface area contributed by atoms with Crippen molar-refractivity contribution in [1.29, 1.82) is 0 Å². The van der Waals surface area contributed by atoms with Gasteiger partial charge in [0.1, 0.15) is 0 Å². The van der Waals surface area contributed by atoms with Gasteiger partial charge in [0, 0.05) is 109 Å².